The van der Waals surface area contributed by atoms with Crippen molar-refractivity contribution < 1.29 is 4.79 Å². The summed E-state index contributed by atoms with van der Waals surface area (Å²) in [5, 5.41) is 3.21. The first kappa shape index (κ1) is 12.6. The van der Waals surface area contributed by atoms with Gasteiger partial charge in [0.05, 0.1) is 10.6 Å². The molecule has 3 nitrogen and oxygen atoms in total. The predicted octanol–water partition coefficient (Wildman–Crippen LogP) is 3.60. The van der Waals surface area contributed by atoms with Crippen LogP contribution >= 0.6 is 11.6 Å². The summed E-state index contributed by atoms with van der Waals surface area (Å²) in [5.74, 6) is -0.252. The first-order chi connectivity index (χ1) is 8.56. The molecule has 92 valence electrons. The van der Waals surface area contributed by atoms with Gasteiger partial charge >= 0.3 is 0 Å². The highest BCUT2D eigenvalue weighted by atomic mass is 35.5. The number of carbonyl (C=O) groups is 1. The molecule has 0 atom stereocenters. The van der Waals surface area contributed by atoms with Crippen LogP contribution in [-0.4, -0.2) is 10.9 Å². The number of rotatable bonds is 2. The fourth-order valence-electron chi connectivity index (χ4n) is 1.79. The van der Waals surface area contributed by atoms with Gasteiger partial charge < -0.3 is 5.32 Å². The zero-order chi connectivity index (χ0) is 13.1. The number of halogens is 1. The lowest BCUT2D eigenvalue weighted by Crippen LogP contribution is -2.13. The fraction of sp³-hybridized carbons (Fsp3) is 0.143. The first-order valence-electron chi connectivity index (χ1n) is 5.55. The SMILES string of the molecule is Cc1cc(C)cc(NC(=O)c2cnccc2Cl)c1. The molecule has 1 aromatic heterocycles. The molecule has 1 heterocycles. The van der Waals surface area contributed by atoms with Crippen LogP contribution < -0.4 is 5.32 Å². The number of aromatic nitrogens is 1. The second-order valence-electron chi connectivity index (χ2n) is 4.19. The molecule has 0 bridgehead atoms. The van der Waals surface area contributed by atoms with Crippen LogP contribution in [0.5, 0.6) is 0 Å². The highest BCUT2D eigenvalue weighted by Crippen LogP contribution is 2.18. The van der Waals surface area contributed by atoms with E-state index in [0.717, 1.165) is 16.8 Å². The number of hydrogen-bond donors (Lipinski definition) is 1. The Morgan fingerprint density at radius 2 is 1.89 bits per heavy atom. The molecule has 0 saturated heterocycles. The van der Waals surface area contributed by atoms with Crippen molar-refractivity contribution in [3.05, 3.63) is 58.4 Å². The average molecular weight is 261 g/mol. The Balaban J connectivity index is 2.24. The summed E-state index contributed by atoms with van der Waals surface area (Å²) in [5.41, 5.74) is 3.33. The number of anilines is 1. The zero-order valence-electron chi connectivity index (χ0n) is 10.2. The number of nitrogens with one attached hydrogen (secondary N) is 1. The van der Waals surface area contributed by atoms with Crippen LogP contribution in [0.15, 0.2) is 36.7 Å². The van der Waals surface area contributed by atoms with Crippen LogP contribution in [0.4, 0.5) is 5.69 Å². The summed E-state index contributed by atoms with van der Waals surface area (Å²) in [4.78, 5) is 15.9. The van der Waals surface area contributed by atoms with Crippen LogP contribution in [0.3, 0.4) is 0 Å². The highest BCUT2D eigenvalue weighted by Gasteiger charge is 2.10. The number of pyridine rings is 1. The molecule has 18 heavy (non-hydrogen) atoms. The molecular weight excluding hydrogens is 248 g/mol. The lowest BCUT2D eigenvalue weighted by molar-refractivity contribution is 0.102. The molecule has 0 unspecified atom stereocenters. The lowest BCUT2D eigenvalue weighted by atomic mass is 10.1. The van der Waals surface area contributed by atoms with E-state index in [1.54, 1.807) is 12.3 Å². The fourth-order valence-corrected chi connectivity index (χ4v) is 1.98. The molecule has 1 aromatic carbocycles. The Morgan fingerprint density at radius 3 is 2.50 bits per heavy atom. The van der Waals surface area contributed by atoms with E-state index in [-0.39, 0.29) is 5.91 Å². The van der Waals surface area contributed by atoms with Crippen molar-refractivity contribution in [2.75, 3.05) is 5.32 Å². The smallest absolute Gasteiger partial charge is 0.258 e. The third-order valence-electron chi connectivity index (χ3n) is 2.49. The molecule has 0 radical (unpaired) electrons. The third kappa shape index (κ3) is 2.87. The Hall–Kier alpha value is -1.87. The normalized spacial score (nSPS) is 10.2. The van der Waals surface area contributed by atoms with E-state index < -0.39 is 0 Å². The molecule has 1 N–H and O–H groups in total. The highest BCUT2D eigenvalue weighted by molar-refractivity contribution is 6.34. The quantitative estimate of drug-likeness (QED) is 0.896. The topological polar surface area (TPSA) is 42.0 Å². The summed E-state index contributed by atoms with van der Waals surface area (Å²) in [7, 11) is 0. The Labute approximate surface area is 111 Å². The van der Waals surface area contributed by atoms with Gasteiger partial charge in [-0.05, 0) is 43.2 Å². The van der Waals surface area contributed by atoms with E-state index >= 15 is 0 Å². The Kier molecular flexibility index (Phi) is 3.63. The maximum absolute atomic E-state index is 12.0. The standard InChI is InChI=1S/C14H13ClN2O/c1-9-5-10(2)7-11(6-9)17-14(18)12-8-16-4-3-13(12)15/h3-8H,1-2H3,(H,17,18). The number of benzene rings is 1. The van der Waals surface area contributed by atoms with Crippen molar-refractivity contribution >= 4 is 23.2 Å². The van der Waals surface area contributed by atoms with Gasteiger partial charge in [0.25, 0.3) is 5.91 Å². The van der Waals surface area contributed by atoms with Crippen LogP contribution in [0.2, 0.25) is 5.02 Å². The molecule has 2 rings (SSSR count). The number of hydrogen-bond acceptors (Lipinski definition) is 2. The van der Waals surface area contributed by atoms with Gasteiger partial charge in [-0.15, -0.1) is 0 Å². The molecule has 0 saturated carbocycles. The molecule has 0 aliphatic carbocycles. The molecule has 4 heteroatoms. The minimum Gasteiger partial charge on any atom is -0.322 e. The van der Waals surface area contributed by atoms with Gasteiger partial charge in [0, 0.05) is 18.1 Å². The van der Waals surface area contributed by atoms with Gasteiger partial charge in [0.2, 0.25) is 0 Å². The zero-order valence-corrected chi connectivity index (χ0v) is 11.0. The molecular formula is C14H13ClN2O. The monoisotopic (exact) mass is 260 g/mol. The summed E-state index contributed by atoms with van der Waals surface area (Å²) in [6.45, 7) is 3.97. The molecule has 0 fully saturated rings. The summed E-state index contributed by atoms with van der Waals surface area (Å²) in [6, 6.07) is 7.47. The minimum atomic E-state index is -0.252. The van der Waals surface area contributed by atoms with Crippen molar-refractivity contribution in [3.63, 3.8) is 0 Å². The first-order valence-corrected chi connectivity index (χ1v) is 5.93. The number of nitrogens with zero attached hydrogens (tertiary/aromatic N) is 1. The number of aryl methyl sites for hydroxylation is 2. The van der Waals surface area contributed by atoms with Crippen molar-refractivity contribution in [3.8, 4) is 0 Å². The molecule has 0 aliphatic heterocycles. The van der Waals surface area contributed by atoms with E-state index in [4.69, 9.17) is 11.6 Å². The van der Waals surface area contributed by atoms with Gasteiger partial charge in [0.1, 0.15) is 0 Å². The van der Waals surface area contributed by atoms with Gasteiger partial charge in [-0.3, -0.25) is 9.78 Å². The molecule has 1 amide bonds. The van der Waals surface area contributed by atoms with E-state index in [2.05, 4.69) is 10.3 Å². The van der Waals surface area contributed by atoms with Crippen LogP contribution in [-0.2, 0) is 0 Å². The van der Waals surface area contributed by atoms with Gasteiger partial charge in [0.15, 0.2) is 0 Å². The summed E-state index contributed by atoms with van der Waals surface area (Å²) < 4.78 is 0. The molecule has 2 aromatic rings. The van der Waals surface area contributed by atoms with E-state index in [0.29, 0.717) is 10.6 Å². The number of amides is 1. The molecule has 0 spiro atoms. The second-order valence-corrected chi connectivity index (χ2v) is 4.59. The summed E-state index contributed by atoms with van der Waals surface area (Å²) in [6.07, 6.45) is 3.01. The van der Waals surface area contributed by atoms with Crippen molar-refractivity contribution in [2.45, 2.75) is 13.8 Å². The largest absolute Gasteiger partial charge is 0.322 e. The van der Waals surface area contributed by atoms with Crippen LogP contribution in [0, 0.1) is 13.8 Å². The average Bonchev–Trinajstić information content (AvgIpc) is 2.27. The maximum Gasteiger partial charge on any atom is 0.258 e. The Morgan fingerprint density at radius 1 is 1.22 bits per heavy atom. The Bertz CT molecular complexity index is 576. The van der Waals surface area contributed by atoms with E-state index in [9.17, 15) is 4.79 Å². The van der Waals surface area contributed by atoms with Crippen LogP contribution in [0.1, 0.15) is 21.5 Å². The lowest BCUT2D eigenvalue weighted by Gasteiger charge is -2.08. The minimum absolute atomic E-state index is 0.252. The van der Waals surface area contributed by atoms with Crippen molar-refractivity contribution in [1.82, 2.24) is 4.98 Å². The second kappa shape index (κ2) is 5.19. The van der Waals surface area contributed by atoms with Gasteiger partial charge in [-0.25, -0.2) is 0 Å². The van der Waals surface area contributed by atoms with Crippen molar-refractivity contribution in [2.24, 2.45) is 0 Å². The van der Waals surface area contributed by atoms with Gasteiger partial charge in [-0.2, -0.15) is 0 Å². The maximum atomic E-state index is 12.0. The molecule has 0 aliphatic rings. The summed E-state index contributed by atoms with van der Waals surface area (Å²) >= 11 is 5.95. The third-order valence-corrected chi connectivity index (χ3v) is 2.82. The van der Waals surface area contributed by atoms with E-state index in [1.165, 1.54) is 6.20 Å². The van der Waals surface area contributed by atoms with E-state index in [1.807, 2.05) is 32.0 Å². The van der Waals surface area contributed by atoms with Crippen LogP contribution in [0.25, 0.3) is 0 Å². The van der Waals surface area contributed by atoms with Crippen molar-refractivity contribution in [1.29, 1.82) is 0 Å². The predicted molar refractivity (Wildman–Crippen MR) is 73.1 cm³/mol. The van der Waals surface area contributed by atoms with Gasteiger partial charge in [-0.1, -0.05) is 17.7 Å². The number of carbonyl (C=O) groups excluding carboxylic acids is 1.